The number of urea groups is 2. The molecule has 0 aromatic heterocycles. The number of thioether (sulfide) groups is 2. The Kier molecular flexibility index (Phi) is 23.5. The van der Waals surface area contributed by atoms with Gasteiger partial charge in [0, 0.05) is 47.9 Å². The van der Waals surface area contributed by atoms with Gasteiger partial charge in [0.15, 0.2) is 0 Å². The fraction of sp³-hybridized carbons (Fsp3) is 0.889. The second-order valence-corrected chi connectivity index (χ2v) is 16.3. The van der Waals surface area contributed by atoms with Gasteiger partial charge in [0.1, 0.15) is 0 Å². The molecule has 0 aliphatic carbocycles. The first-order valence-corrected chi connectivity index (χ1v) is 22.0. The standard InChI is InChI=1S/C36H64N6O11S2/c43-31(7-3-1-5-29-33-27(25-54-29)39-35(45)41-33)37-9-11-47-13-15-49-17-19-51-21-23-53-24-22-52-20-18-50-16-14-48-12-10-38-32(44)8-4-2-6-30-34-28(26-55-30)40-36(46)42-34/h27-30,33-34H,1-26H2,(H,37,43)(H,38,44)(H2,39,41,45)(H2,40,42,46). The highest BCUT2D eigenvalue weighted by Gasteiger charge is 2.43. The van der Waals surface area contributed by atoms with E-state index in [9.17, 15) is 19.2 Å². The van der Waals surface area contributed by atoms with E-state index in [0.717, 1.165) is 50.0 Å². The fourth-order valence-corrected chi connectivity index (χ4v) is 9.76. The third kappa shape index (κ3) is 19.3. The molecule has 4 saturated heterocycles. The molecule has 0 spiro atoms. The quantitative estimate of drug-likeness (QED) is 0.0393. The highest BCUT2D eigenvalue weighted by molar-refractivity contribution is 8.00. The van der Waals surface area contributed by atoms with Crippen LogP contribution < -0.4 is 31.9 Å². The van der Waals surface area contributed by atoms with Crippen LogP contribution in [-0.4, -0.2) is 176 Å². The normalized spacial score (nSPS) is 23.9. The van der Waals surface area contributed by atoms with Crippen LogP contribution >= 0.6 is 23.5 Å². The number of amides is 6. The molecule has 6 N–H and O–H groups in total. The van der Waals surface area contributed by atoms with Crippen molar-refractivity contribution in [1.82, 2.24) is 31.9 Å². The first kappa shape index (κ1) is 45.6. The van der Waals surface area contributed by atoms with Gasteiger partial charge in [0.2, 0.25) is 11.8 Å². The first-order chi connectivity index (χ1) is 27.0. The lowest BCUT2D eigenvalue weighted by Crippen LogP contribution is -2.36. The summed E-state index contributed by atoms with van der Waals surface area (Å²) in [6.45, 7) is 7.48. The lowest BCUT2D eigenvalue weighted by Gasteiger charge is -2.16. The minimum absolute atomic E-state index is 0.0398. The molecule has 0 aromatic rings. The van der Waals surface area contributed by atoms with E-state index in [1.807, 2.05) is 23.5 Å². The van der Waals surface area contributed by atoms with Gasteiger partial charge in [-0.2, -0.15) is 23.5 Å². The van der Waals surface area contributed by atoms with E-state index in [4.69, 9.17) is 33.2 Å². The van der Waals surface area contributed by atoms with Crippen molar-refractivity contribution in [3.05, 3.63) is 0 Å². The van der Waals surface area contributed by atoms with Crippen molar-refractivity contribution in [2.75, 3.05) is 117 Å². The SMILES string of the molecule is O=C(CCCCC1SCC2NC(=O)NC21)NCCOCCOCCOCCOCCOCCOCCOCCNC(=O)CCCCC1SCC2NC(=O)NC21. The van der Waals surface area contributed by atoms with Gasteiger partial charge in [-0.25, -0.2) is 9.59 Å². The molecular formula is C36H64N6O11S2. The Labute approximate surface area is 333 Å². The van der Waals surface area contributed by atoms with E-state index in [1.165, 1.54) is 0 Å². The Balaban J connectivity index is 0.764. The molecule has 55 heavy (non-hydrogen) atoms. The summed E-state index contributed by atoms with van der Waals surface area (Å²) >= 11 is 3.80. The third-order valence-electron chi connectivity index (χ3n) is 9.53. The summed E-state index contributed by atoms with van der Waals surface area (Å²) < 4.78 is 38.5. The molecule has 6 atom stereocenters. The van der Waals surface area contributed by atoms with Crippen LogP contribution in [0, 0.1) is 0 Å². The molecule has 4 heterocycles. The summed E-state index contributed by atoms with van der Waals surface area (Å²) in [6, 6.07) is 0.798. The van der Waals surface area contributed by atoms with Gasteiger partial charge >= 0.3 is 12.1 Å². The summed E-state index contributed by atoms with van der Waals surface area (Å²) in [6.07, 6.45) is 6.65. The van der Waals surface area contributed by atoms with Crippen LogP contribution in [0.3, 0.4) is 0 Å². The van der Waals surface area contributed by atoms with Crippen LogP contribution in [0.15, 0.2) is 0 Å². The van der Waals surface area contributed by atoms with E-state index in [-0.39, 0.29) is 48.0 Å². The van der Waals surface area contributed by atoms with Crippen molar-refractivity contribution >= 4 is 47.4 Å². The van der Waals surface area contributed by atoms with Gasteiger partial charge in [0.25, 0.3) is 0 Å². The van der Waals surface area contributed by atoms with Crippen molar-refractivity contribution in [2.24, 2.45) is 0 Å². The van der Waals surface area contributed by atoms with Gasteiger partial charge in [-0.05, 0) is 25.7 Å². The van der Waals surface area contributed by atoms with Crippen LogP contribution in [0.25, 0.3) is 0 Å². The second-order valence-electron chi connectivity index (χ2n) is 13.7. The van der Waals surface area contributed by atoms with Crippen molar-refractivity contribution in [1.29, 1.82) is 0 Å². The number of ether oxygens (including phenoxy) is 7. The number of unbranched alkanes of at least 4 members (excludes halogenated alkanes) is 2. The van der Waals surface area contributed by atoms with Crippen LogP contribution in [-0.2, 0) is 42.7 Å². The Morgan fingerprint density at radius 3 is 1.16 bits per heavy atom. The minimum atomic E-state index is -0.0628. The smallest absolute Gasteiger partial charge is 0.315 e. The van der Waals surface area contributed by atoms with Crippen LogP contribution in [0.2, 0.25) is 0 Å². The Hall–Kier alpha value is -2.10. The van der Waals surface area contributed by atoms with Gasteiger partial charge in [-0.3, -0.25) is 9.59 Å². The van der Waals surface area contributed by atoms with E-state index in [1.54, 1.807) is 0 Å². The maximum Gasteiger partial charge on any atom is 0.315 e. The molecule has 19 heteroatoms. The Morgan fingerprint density at radius 2 is 0.818 bits per heavy atom. The van der Waals surface area contributed by atoms with Crippen LogP contribution in [0.5, 0.6) is 0 Å². The number of rotatable bonds is 34. The Bertz CT molecular complexity index is 1040. The number of carbonyl (C=O) groups is 4. The van der Waals surface area contributed by atoms with E-state index in [0.29, 0.717) is 129 Å². The third-order valence-corrected chi connectivity index (χ3v) is 12.5. The van der Waals surface area contributed by atoms with Crippen LogP contribution in [0.1, 0.15) is 51.4 Å². The first-order valence-electron chi connectivity index (χ1n) is 19.9. The second kappa shape index (κ2) is 28.3. The van der Waals surface area contributed by atoms with Gasteiger partial charge < -0.3 is 65.1 Å². The van der Waals surface area contributed by atoms with Crippen molar-refractivity contribution in [3.8, 4) is 0 Å². The van der Waals surface area contributed by atoms with Gasteiger partial charge in [-0.1, -0.05) is 12.8 Å². The van der Waals surface area contributed by atoms with Crippen molar-refractivity contribution in [3.63, 3.8) is 0 Å². The minimum Gasteiger partial charge on any atom is -0.377 e. The predicted molar refractivity (Wildman–Crippen MR) is 210 cm³/mol. The molecule has 4 aliphatic heterocycles. The number of carbonyl (C=O) groups excluding carboxylic acids is 4. The lowest BCUT2D eigenvalue weighted by atomic mass is 10.0. The average molecular weight is 821 g/mol. The van der Waals surface area contributed by atoms with Crippen LogP contribution in [0.4, 0.5) is 9.59 Å². The molecule has 4 aliphatic rings. The molecule has 0 bridgehead atoms. The maximum atomic E-state index is 12.0. The van der Waals surface area contributed by atoms with E-state index < -0.39 is 0 Å². The summed E-state index contributed by atoms with van der Waals surface area (Å²) in [5.41, 5.74) is 0. The largest absolute Gasteiger partial charge is 0.377 e. The zero-order chi connectivity index (χ0) is 38.8. The van der Waals surface area contributed by atoms with Crippen molar-refractivity contribution in [2.45, 2.75) is 86.0 Å². The van der Waals surface area contributed by atoms with E-state index >= 15 is 0 Å². The molecule has 0 saturated carbocycles. The highest BCUT2D eigenvalue weighted by Crippen LogP contribution is 2.34. The van der Waals surface area contributed by atoms with Crippen molar-refractivity contribution < 1.29 is 52.3 Å². The topological polar surface area (TPSA) is 205 Å². The molecule has 6 unspecified atom stereocenters. The number of hydrogen-bond donors (Lipinski definition) is 6. The molecule has 4 rings (SSSR count). The summed E-state index contributed by atoms with van der Waals surface area (Å²) in [4.78, 5) is 47.0. The van der Waals surface area contributed by atoms with Gasteiger partial charge in [0.05, 0.1) is 117 Å². The fourth-order valence-electron chi connectivity index (χ4n) is 6.67. The van der Waals surface area contributed by atoms with Gasteiger partial charge in [-0.15, -0.1) is 0 Å². The summed E-state index contributed by atoms with van der Waals surface area (Å²) in [7, 11) is 0. The number of hydrogen-bond acceptors (Lipinski definition) is 13. The zero-order valence-electron chi connectivity index (χ0n) is 32.2. The summed E-state index contributed by atoms with van der Waals surface area (Å²) in [5, 5.41) is 18.6. The average Bonchev–Trinajstić information content (AvgIpc) is 3.93. The monoisotopic (exact) mass is 820 g/mol. The zero-order valence-corrected chi connectivity index (χ0v) is 33.8. The molecule has 0 aromatic carbocycles. The Morgan fingerprint density at radius 1 is 0.491 bits per heavy atom. The highest BCUT2D eigenvalue weighted by atomic mass is 32.2. The van der Waals surface area contributed by atoms with E-state index in [2.05, 4.69) is 31.9 Å². The molecule has 17 nitrogen and oxygen atoms in total. The molecular weight excluding hydrogens is 757 g/mol. The molecule has 4 fully saturated rings. The number of fused-ring (bicyclic) bond motifs is 2. The number of nitrogens with one attached hydrogen (secondary N) is 6. The molecule has 6 amide bonds. The maximum absolute atomic E-state index is 12.0. The lowest BCUT2D eigenvalue weighted by molar-refractivity contribution is -0.122. The molecule has 0 radical (unpaired) electrons. The predicted octanol–water partition coefficient (Wildman–Crippen LogP) is 0.787. The molecule has 316 valence electrons. The summed E-state index contributed by atoms with van der Waals surface area (Å²) in [5.74, 6) is 1.99.